The first-order valence-electron chi connectivity index (χ1n) is 9.46. The molecule has 2 aromatic carbocycles. The van der Waals surface area contributed by atoms with Crippen molar-refractivity contribution in [3.8, 4) is 11.3 Å². The molecule has 4 rings (SSSR count). The summed E-state index contributed by atoms with van der Waals surface area (Å²) in [7, 11) is 0. The second-order valence-electron chi connectivity index (χ2n) is 6.86. The molecule has 2 heterocycles. The molecule has 5 heteroatoms. The predicted molar refractivity (Wildman–Crippen MR) is 120 cm³/mol. The van der Waals surface area contributed by atoms with Crippen LogP contribution in [0.5, 0.6) is 0 Å². The van der Waals surface area contributed by atoms with Crippen LogP contribution in [0.25, 0.3) is 22.2 Å². The van der Waals surface area contributed by atoms with Crippen LogP contribution in [0.15, 0.2) is 77.5 Å². The summed E-state index contributed by atoms with van der Waals surface area (Å²) in [6.45, 7) is 2.51. The number of nitrogens with zero attached hydrogens (tertiary/aromatic N) is 2. The topological polar surface area (TPSA) is 54.9 Å². The molecule has 144 valence electrons. The van der Waals surface area contributed by atoms with E-state index >= 15 is 0 Å². The number of pyridine rings is 2. The van der Waals surface area contributed by atoms with Gasteiger partial charge in [-0.1, -0.05) is 52.3 Å². The Morgan fingerprint density at radius 3 is 2.66 bits per heavy atom. The fourth-order valence-electron chi connectivity index (χ4n) is 3.46. The molecule has 0 fully saturated rings. The van der Waals surface area contributed by atoms with Gasteiger partial charge in [0.25, 0.3) is 5.91 Å². The monoisotopic (exact) mass is 445 g/mol. The van der Waals surface area contributed by atoms with Gasteiger partial charge in [0.1, 0.15) is 0 Å². The van der Waals surface area contributed by atoms with Gasteiger partial charge in [0.05, 0.1) is 16.8 Å². The highest BCUT2D eigenvalue weighted by atomic mass is 79.9. The molecule has 4 aromatic rings. The molecule has 0 saturated carbocycles. The van der Waals surface area contributed by atoms with E-state index in [0.29, 0.717) is 12.1 Å². The van der Waals surface area contributed by atoms with E-state index in [-0.39, 0.29) is 5.91 Å². The second kappa shape index (κ2) is 8.53. The van der Waals surface area contributed by atoms with E-state index in [2.05, 4.69) is 26.2 Å². The van der Waals surface area contributed by atoms with Crippen molar-refractivity contribution in [1.29, 1.82) is 0 Å². The Morgan fingerprint density at radius 2 is 1.90 bits per heavy atom. The lowest BCUT2D eigenvalue weighted by Gasteiger charge is -2.15. The van der Waals surface area contributed by atoms with Gasteiger partial charge in [0.15, 0.2) is 0 Å². The van der Waals surface area contributed by atoms with Crippen LogP contribution < -0.4 is 5.32 Å². The molecular weight excluding hydrogens is 426 g/mol. The van der Waals surface area contributed by atoms with Gasteiger partial charge in [-0.05, 0) is 48.7 Å². The van der Waals surface area contributed by atoms with Gasteiger partial charge in [-0.2, -0.15) is 0 Å². The maximum atomic E-state index is 13.2. The maximum Gasteiger partial charge on any atom is 0.252 e. The number of nitrogens with one attached hydrogen (secondary N) is 1. The van der Waals surface area contributed by atoms with Crippen molar-refractivity contribution in [3.63, 3.8) is 0 Å². The van der Waals surface area contributed by atoms with E-state index in [1.165, 1.54) is 0 Å². The lowest BCUT2D eigenvalue weighted by atomic mass is 9.97. The van der Waals surface area contributed by atoms with Crippen molar-refractivity contribution in [3.05, 3.63) is 94.2 Å². The number of halogens is 1. The van der Waals surface area contributed by atoms with Gasteiger partial charge in [-0.25, -0.2) is 4.98 Å². The first kappa shape index (κ1) is 19.3. The van der Waals surface area contributed by atoms with E-state index in [1.807, 2.05) is 73.8 Å². The number of carbonyl (C=O) groups excluding carboxylic acids is 1. The normalized spacial score (nSPS) is 10.8. The Balaban J connectivity index is 1.72. The third kappa shape index (κ3) is 4.20. The van der Waals surface area contributed by atoms with E-state index < -0.39 is 0 Å². The number of hydrogen-bond acceptors (Lipinski definition) is 3. The predicted octanol–water partition coefficient (Wildman–Crippen LogP) is 5.34. The molecule has 0 saturated heterocycles. The summed E-state index contributed by atoms with van der Waals surface area (Å²) in [5, 5.41) is 3.91. The van der Waals surface area contributed by atoms with Gasteiger partial charge < -0.3 is 5.32 Å². The number of rotatable bonds is 5. The van der Waals surface area contributed by atoms with Gasteiger partial charge in [0, 0.05) is 34.4 Å². The fourth-order valence-corrected chi connectivity index (χ4v) is 3.82. The Labute approximate surface area is 178 Å². The Hall–Kier alpha value is -3.05. The minimum Gasteiger partial charge on any atom is -0.352 e. The first-order valence-corrected chi connectivity index (χ1v) is 10.2. The molecule has 4 nitrogen and oxygen atoms in total. The average Bonchev–Trinajstić information content (AvgIpc) is 2.74. The first-order chi connectivity index (χ1) is 14.1. The maximum absolute atomic E-state index is 13.2. The second-order valence-corrected chi connectivity index (χ2v) is 7.77. The SMILES string of the molecule is Cc1c(-c2ccccc2)nc2ccc(Br)cc2c1C(=O)NCCc1cccnc1. The summed E-state index contributed by atoms with van der Waals surface area (Å²) >= 11 is 3.52. The van der Waals surface area contributed by atoms with Crippen molar-refractivity contribution >= 4 is 32.7 Å². The quantitative estimate of drug-likeness (QED) is 0.450. The minimum absolute atomic E-state index is 0.0888. The molecule has 0 aliphatic heterocycles. The number of aromatic nitrogens is 2. The van der Waals surface area contributed by atoms with Crippen LogP contribution in [0.1, 0.15) is 21.5 Å². The molecule has 1 amide bonds. The van der Waals surface area contributed by atoms with E-state index in [0.717, 1.165) is 44.2 Å². The number of amides is 1. The highest BCUT2D eigenvalue weighted by Gasteiger charge is 2.19. The molecule has 0 radical (unpaired) electrons. The van der Waals surface area contributed by atoms with E-state index in [9.17, 15) is 4.79 Å². The summed E-state index contributed by atoms with van der Waals surface area (Å²) in [6.07, 6.45) is 4.30. The van der Waals surface area contributed by atoms with Crippen LogP contribution in [0, 0.1) is 6.92 Å². The number of carbonyl (C=O) groups is 1. The van der Waals surface area contributed by atoms with Crippen molar-refractivity contribution in [1.82, 2.24) is 15.3 Å². The van der Waals surface area contributed by atoms with Gasteiger partial charge >= 0.3 is 0 Å². The standard InChI is InChI=1S/C24H20BrN3O/c1-16-22(24(29)27-13-11-17-6-5-12-26-15-17)20-14-19(25)9-10-21(20)28-23(16)18-7-3-2-4-8-18/h2-10,12,14-15H,11,13H2,1H3,(H,27,29). The van der Waals surface area contributed by atoms with Crippen molar-refractivity contribution < 1.29 is 4.79 Å². The zero-order chi connectivity index (χ0) is 20.2. The summed E-state index contributed by atoms with van der Waals surface area (Å²) in [4.78, 5) is 22.2. The number of fused-ring (bicyclic) bond motifs is 1. The summed E-state index contributed by atoms with van der Waals surface area (Å²) in [5.41, 5.74) is 5.27. The molecule has 1 N–H and O–H groups in total. The van der Waals surface area contributed by atoms with Crippen LogP contribution in [0.3, 0.4) is 0 Å². The van der Waals surface area contributed by atoms with Crippen molar-refractivity contribution in [2.24, 2.45) is 0 Å². The molecular formula is C24H20BrN3O. The summed E-state index contributed by atoms with van der Waals surface area (Å²) in [6, 6.07) is 19.7. The molecule has 29 heavy (non-hydrogen) atoms. The van der Waals surface area contributed by atoms with Crippen LogP contribution in [-0.2, 0) is 6.42 Å². The molecule has 0 spiro atoms. The zero-order valence-electron chi connectivity index (χ0n) is 16.0. The Bertz CT molecular complexity index is 1160. The highest BCUT2D eigenvalue weighted by molar-refractivity contribution is 9.10. The molecule has 0 aliphatic rings. The number of benzene rings is 2. The van der Waals surface area contributed by atoms with Crippen LogP contribution in [-0.4, -0.2) is 22.4 Å². The number of hydrogen-bond donors (Lipinski definition) is 1. The van der Waals surface area contributed by atoms with Gasteiger partial charge in [-0.3, -0.25) is 9.78 Å². The smallest absolute Gasteiger partial charge is 0.252 e. The lowest BCUT2D eigenvalue weighted by molar-refractivity contribution is 0.0955. The van der Waals surface area contributed by atoms with Crippen molar-refractivity contribution in [2.45, 2.75) is 13.3 Å². The minimum atomic E-state index is -0.0888. The summed E-state index contributed by atoms with van der Waals surface area (Å²) < 4.78 is 0.920. The largest absolute Gasteiger partial charge is 0.352 e. The molecule has 0 unspecified atom stereocenters. The van der Waals surface area contributed by atoms with Crippen LogP contribution >= 0.6 is 15.9 Å². The van der Waals surface area contributed by atoms with Crippen molar-refractivity contribution in [2.75, 3.05) is 6.54 Å². The molecule has 2 aromatic heterocycles. The summed E-state index contributed by atoms with van der Waals surface area (Å²) in [5.74, 6) is -0.0888. The Morgan fingerprint density at radius 1 is 1.07 bits per heavy atom. The van der Waals surface area contributed by atoms with E-state index in [4.69, 9.17) is 4.98 Å². The molecule has 0 bridgehead atoms. The average molecular weight is 446 g/mol. The van der Waals surface area contributed by atoms with Crippen LogP contribution in [0.4, 0.5) is 0 Å². The third-order valence-corrected chi connectivity index (χ3v) is 5.38. The Kier molecular flexibility index (Phi) is 5.67. The lowest BCUT2D eigenvalue weighted by Crippen LogP contribution is -2.27. The third-order valence-electron chi connectivity index (χ3n) is 4.89. The van der Waals surface area contributed by atoms with Gasteiger partial charge in [-0.15, -0.1) is 0 Å². The van der Waals surface area contributed by atoms with Gasteiger partial charge in [0.2, 0.25) is 0 Å². The highest BCUT2D eigenvalue weighted by Crippen LogP contribution is 2.31. The fraction of sp³-hybridized carbons (Fsp3) is 0.125. The van der Waals surface area contributed by atoms with E-state index in [1.54, 1.807) is 6.20 Å². The molecule has 0 aliphatic carbocycles. The molecule has 0 atom stereocenters. The zero-order valence-corrected chi connectivity index (χ0v) is 17.6. The van der Waals surface area contributed by atoms with Crippen LogP contribution in [0.2, 0.25) is 0 Å².